The van der Waals surface area contributed by atoms with Gasteiger partial charge in [-0.2, -0.15) is 4.31 Å². The van der Waals surface area contributed by atoms with Gasteiger partial charge in [0.25, 0.3) is 5.91 Å². The molecule has 0 aliphatic rings. The van der Waals surface area contributed by atoms with Gasteiger partial charge >= 0.3 is 0 Å². The third kappa shape index (κ3) is 7.81. The molecule has 0 aliphatic heterocycles. The number of hydrogen-bond acceptors (Lipinski definition) is 5. The normalized spacial score (nSPS) is 11.2. The van der Waals surface area contributed by atoms with Crippen molar-refractivity contribution in [3.05, 3.63) is 79.4 Å². The van der Waals surface area contributed by atoms with E-state index < -0.39 is 10.0 Å². The number of thiocarbonyl (C=S) groups is 1. The first-order valence-corrected chi connectivity index (χ1v) is 12.2. The van der Waals surface area contributed by atoms with E-state index in [0.29, 0.717) is 29.5 Å². The highest BCUT2D eigenvalue weighted by Crippen LogP contribution is 2.19. The van der Waals surface area contributed by atoms with Crippen LogP contribution in [0, 0.1) is 5.92 Å². The third-order valence-corrected chi connectivity index (χ3v) is 6.37. The van der Waals surface area contributed by atoms with Gasteiger partial charge in [-0.05, 0) is 60.6 Å². The van der Waals surface area contributed by atoms with Gasteiger partial charge in [-0.3, -0.25) is 10.1 Å². The Kier molecular flexibility index (Phi) is 9.77. The van der Waals surface area contributed by atoms with Gasteiger partial charge in [0.05, 0.1) is 11.5 Å². The second kappa shape index (κ2) is 12.3. The van der Waals surface area contributed by atoms with E-state index in [1.807, 2.05) is 13.8 Å². The van der Waals surface area contributed by atoms with Crippen LogP contribution in [0.1, 0.15) is 24.2 Å². The van der Waals surface area contributed by atoms with Crippen LogP contribution in [0.4, 0.5) is 5.69 Å². The molecule has 0 saturated carbocycles. The molecule has 0 bridgehead atoms. The van der Waals surface area contributed by atoms with Gasteiger partial charge in [0.1, 0.15) is 5.75 Å². The molecule has 176 valence electrons. The summed E-state index contributed by atoms with van der Waals surface area (Å²) >= 11 is 5.22. The molecule has 0 saturated heterocycles. The Morgan fingerprint density at radius 1 is 1.12 bits per heavy atom. The van der Waals surface area contributed by atoms with Gasteiger partial charge in [0.2, 0.25) is 10.0 Å². The monoisotopic (exact) mass is 487 g/mol. The number of sulfonamides is 1. The zero-order chi connectivity index (χ0) is 24.4. The number of ether oxygens (including phenoxy) is 1. The van der Waals surface area contributed by atoms with E-state index in [2.05, 4.69) is 23.8 Å². The van der Waals surface area contributed by atoms with E-state index in [4.69, 9.17) is 17.0 Å². The predicted octanol–water partition coefficient (Wildman–Crippen LogP) is 4.21. The smallest absolute Gasteiger partial charge is 0.257 e. The number of hydrogen-bond donors (Lipinski definition) is 2. The summed E-state index contributed by atoms with van der Waals surface area (Å²) in [6.45, 7) is 12.2. The minimum Gasteiger partial charge on any atom is -0.493 e. The Morgan fingerprint density at radius 3 is 2.33 bits per heavy atom. The summed E-state index contributed by atoms with van der Waals surface area (Å²) < 4.78 is 32.5. The maximum absolute atomic E-state index is 12.8. The fourth-order valence-electron chi connectivity index (χ4n) is 2.75. The topological polar surface area (TPSA) is 87.7 Å². The fraction of sp³-hybridized carbons (Fsp3) is 0.250. The van der Waals surface area contributed by atoms with Gasteiger partial charge < -0.3 is 10.1 Å². The maximum atomic E-state index is 12.8. The number of carbonyl (C=O) groups excluding carboxylic acids is 1. The van der Waals surface area contributed by atoms with Crippen LogP contribution in [0.3, 0.4) is 0 Å². The summed E-state index contributed by atoms with van der Waals surface area (Å²) in [5, 5.41) is 5.58. The Morgan fingerprint density at radius 2 is 1.76 bits per heavy atom. The molecule has 0 heterocycles. The predicted molar refractivity (Wildman–Crippen MR) is 136 cm³/mol. The number of amides is 1. The SMILES string of the molecule is C=CCN(CC=C)S(=O)(=O)c1ccc(NC(=S)NC(=O)c2cccc(OCC(C)C)c2)cc1. The lowest BCUT2D eigenvalue weighted by atomic mass is 10.2. The summed E-state index contributed by atoms with van der Waals surface area (Å²) in [4.78, 5) is 12.7. The van der Waals surface area contributed by atoms with Gasteiger partial charge in [-0.1, -0.05) is 32.1 Å². The van der Waals surface area contributed by atoms with Crippen LogP contribution in [0.5, 0.6) is 5.75 Å². The van der Waals surface area contributed by atoms with E-state index in [-0.39, 0.29) is 29.0 Å². The Balaban J connectivity index is 2.02. The van der Waals surface area contributed by atoms with Crippen molar-refractivity contribution in [3.63, 3.8) is 0 Å². The molecular weight excluding hydrogens is 458 g/mol. The molecule has 1 amide bonds. The molecule has 2 aromatic carbocycles. The number of nitrogens with one attached hydrogen (secondary N) is 2. The molecule has 0 spiro atoms. The molecule has 0 aromatic heterocycles. The average Bonchev–Trinajstić information content (AvgIpc) is 2.78. The lowest BCUT2D eigenvalue weighted by Crippen LogP contribution is -2.34. The number of rotatable bonds is 11. The molecular formula is C24H29N3O4S2. The zero-order valence-corrected chi connectivity index (χ0v) is 20.4. The summed E-state index contributed by atoms with van der Waals surface area (Å²) in [7, 11) is -3.69. The van der Waals surface area contributed by atoms with Crippen LogP contribution in [-0.2, 0) is 10.0 Å². The van der Waals surface area contributed by atoms with Crippen molar-refractivity contribution in [2.24, 2.45) is 5.92 Å². The Labute approximate surface area is 201 Å². The molecule has 2 rings (SSSR count). The van der Waals surface area contributed by atoms with Crippen molar-refractivity contribution in [1.82, 2.24) is 9.62 Å². The second-order valence-electron chi connectivity index (χ2n) is 7.56. The van der Waals surface area contributed by atoms with Gasteiger partial charge in [-0.25, -0.2) is 8.42 Å². The van der Waals surface area contributed by atoms with Crippen LogP contribution in [-0.4, -0.2) is 43.4 Å². The minimum absolute atomic E-state index is 0.0871. The number of anilines is 1. The highest BCUT2D eigenvalue weighted by atomic mass is 32.2. The standard InChI is InChI=1S/C24H29N3O4S2/c1-5-14-27(15-6-2)33(29,30)22-12-10-20(11-13-22)25-24(32)26-23(28)19-8-7-9-21(16-19)31-17-18(3)4/h5-13,16,18H,1-2,14-15,17H2,3-4H3,(H2,25,26,28,32). The Bertz CT molecular complexity index is 1090. The summed E-state index contributed by atoms with van der Waals surface area (Å²) in [5.41, 5.74) is 0.943. The van der Waals surface area contributed by atoms with Crippen molar-refractivity contribution in [2.75, 3.05) is 25.0 Å². The molecule has 2 N–H and O–H groups in total. The fourth-order valence-corrected chi connectivity index (χ4v) is 4.34. The largest absolute Gasteiger partial charge is 0.493 e. The summed E-state index contributed by atoms with van der Waals surface area (Å²) in [6.07, 6.45) is 3.04. The van der Waals surface area contributed by atoms with Crippen molar-refractivity contribution in [2.45, 2.75) is 18.7 Å². The first kappa shape index (κ1) is 26.2. The molecule has 0 unspecified atom stereocenters. The summed E-state index contributed by atoms with van der Waals surface area (Å²) in [6, 6.07) is 12.9. The molecule has 0 aliphatic carbocycles. The molecule has 2 aromatic rings. The Hall–Kier alpha value is -3.01. The lowest BCUT2D eigenvalue weighted by Gasteiger charge is -2.19. The molecule has 0 radical (unpaired) electrons. The van der Waals surface area contributed by atoms with Crippen molar-refractivity contribution < 1.29 is 17.9 Å². The van der Waals surface area contributed by atoms with E-state index in [1.165, 1.54) is 28.6 Å². The maximum Gasteiger partial charge on any atom is 0.257 e. The van der Waals surface area contributed by atoms with E-state index in [9.17, 15) is 13.2 Å². The van der Waals surface area contributed by atoms with Crippen molar-refractivity contribution >= 4 is 38.9 Å². The van der Waals surface area contributed by atoms with E-state index in [0.717, 1.165) is 0 Å². The van der Waals surface area contributed by atoms with Crippen LogP contribution in [0.2, 0.25) is 0 Å². The van der Waals surface area contributed by atoms with Crippen LogP contribution in [0.15, 0.2) is 78.7 Å². The quantitative estimate of drug-likeness (QED) is 0.365. The first-order valence-electron chi connectivity index (χ1n) is 10.3. The van der Waals surface area contributed by atoms with Crippen LogP contribution in [0.25, 0.3) is 0 Å². The first-order chi connectivity index (χ1) is 15.7. The average molecular weight is 488 g/mol. The van der Waals surface area contributed by atoms with Crippen LogP contribution < -0.4 is 15.4 Å². The van der Waals surface area contributed by atoms with E-state index >= 15 is 0 Å². The number of carbonyl (C=O) groups is 1. The van der Waals surface area contributed by atoms with E-state index in [1.54, 1.807) is 36.4 Å². The molecule has 0 fully saturated rings. The van der Waals surface area contributed by atoms with Crippen molar-refractivity contribution in [3.8, 4) is 5.75 Å². The molecule has 9 heteroatoms. The van der Waals surface area contributed by atoms with Crippen LogP contribution >= 0.6 is 12.2 Å². The molecule has 0 atom stereocenters. The number of nitrogens with zero attached hydrogens (tertiary/aromatic N) is 1. The lowest BCUT2D eigenvalue weighted by molar-refractivity contribution is 0.0977. The molecule has 33 heavy (non-hydrogen) atoms. The van der Waals surface area contributed by atoms with Gasteiger partial charge in [0, 0.05) is 24.3 Å². The highest BCUT2D eigenvalue weighted by molar-refractivity contribution is 7.89. The van der Waals surface area contributed by atoms with Gasteiger partial charge in [-0.15, -0.1) is 13.2 Å². The minimum atomic E-state index is -3.69. The molecule has 7 nitrogen and oxygen atoms in total. The second-order valence-corrected chi connectivity index (χ2v) is 9.91. The third-order valence-electron chi connectivity index (χ3n) is 4.32. The highest BCUT2D eigenvalue weighted by Gasteiger charge is 2.22. The number of benzene rings is 2. The van der Waals surface area contributed by atoms with Gasteiger partial charge in [0.15, 0.2) is 5.11 Å². The summed E-state index contributed by atoms with van der Waals surface area (Å²) in [5.74, 6) is 0.591. The zero-order valence-electron chi connectivity index (χ0n) is 18.8. The van der Waals surface area contributed by atoms with Crippen molar-refractivity contribution in [1.29, 1.82) is 0 Å².